The lowest BCUT2D eigenvalue weighted by molar-refractivity contribution is 0.0600. The number of benzene rings is 1. The van der Waals surface area contributed by atoms with Crippen molar-refractivity contribution in [3.63, 3.8) is 0 Å². The van der Waals surface area contributed by atoms with Crippen LogP contribution in [0.4, 0.5) is 0 Å². The van der Waals surface area contributed by atoms with Crippen molar-refractivity contribution in [2.24, 2.45) is 0 Å². The number of hydrogen-bond donors (Lipinski definition) is 1. The molecular weight excluding hydrogens is 258 g/mol. The van der Waals surface area contributed by atoms with Crippen molar-refractivity contribution in [2.45, 2.75) is 6.42 Å². The van der Waals surface area contributed by atoms with Gasteiger partial charge >= 0.3 is 5.97 Å². The Morgan fingerprint density at radius 1 is 1.20 bits per heavy atom. The number of aromatic nitrogens is 1. The van der Waals surface area contributed by atoms with E-state index in [2.05, 4.69) is 9.72 Å². The molecule has 0 bridgehead atoms. The average Bonchev–Trinajstić information content (AvgIpc) is 2.49. The first kappa shape index (κ1) is 13.9. The van der Waals surface area contributed by atoms with Crippen molar-refractivity contribution in [3.8, 4) is 5.75 Å². The number of esters is 1. The Morgan fingerprint density at radius 3 is 2.50 bits per heavy atom. The maximum atomic E-state index is 11.8. The Hall–Kier alpha value is -2.56. The summed E-state index contributed by atoms with van der Waals surface area (Å²) in [4.78, 5) is 25.8. The predicted octanol–water partition coefficient (Wildman–Crippen LogP) is 1.76. The monoisotopic (exact) mass is 273 g/mol. The third-order valence-electron chi connectivity index (χ3n) is 2.95. The van der Waals surface area contributed by atoms with Crippen LogP contribution >= 0.6 is 0 Å². The summed E-state index contributed by atoms with van der Waals surface area (Å²) < 4.78 is 9.71. The minimum absolute atomic E-state index is 0.214. The van der Waals surface area contributed by atoms with Gasteiger partial charge in [0.05, 0.1) is 19.8 Å². The SMILES string of the molecule is COC(=O)c1c[nH]c(=O)c(Cc2ccc(OC)cc2)c1. The fourth-order valence-electron chi connectivity index (χ4n) is 1.86. The largest absolute Gasteiger partial charge is 0.497 e. The zero-order chi connectivity index (χ0) is 14.5. The lowest BCUT2D eigenvalue weighted by Gasteiger charge is -2.05. The van der Waals surface area contributed by atoms with E-state index >= 15 is 0 Å². The molecule has 0 radical (unpaired) electrons. The van der Waals surface area contributed by atoms with Crippen molar-refractivity contribution in [1.29, 1.82) is 0 Å². The highest BCUT2D eigenvalue weighted by molar-refractivity contribution is 5.89. The second-order valence-electron chi connectivity index (χ2n) is 4.26. The standard InChI is InChI=1S/C15H15NO4/c1-19-13-5-3-10(4-6-13)7-11-8-12(15(18)20-2)9-16-14(11)17/h3-6,8-9H,7H2,1-2H3,(H,16,17). The van der Waals surface area contributed by atoms with Gasteiger partial charge < -0.3 is 14.5 Å². The summed E-state index contributed by atoms with van der Waals surface area (Å²) in [6, 6.07) is 8.96. The Labute approximate surface area is 116 Å². The summed E-state index contributed by atoms with van der Waals surface area (Å²) >= 11 is 0. The third-order valence-corrected chi connectivity index (χ3v) is 2.95. The van der Waals surface area contributed by atoms with Crippen molar-refractivity contribution in [2.75, 3.05) is 14.2 Å². The molecule has 2 rings (SSSR count). The molecule has 0 saturated carbocycles. The van der Waals surface area contributed by atoms with Crippen LogP contribution in [0.1, 0.15) is 21.5 Å². The molecule has 2 aromatic rings. The number of hydrogen-bond acceptors (Lipinski definition) is 4. The lowest BCUT2D eigenvalue weighted by atomic mass is 10.0. The quantitative estimate of drug-likeness (QED) is 0.862. The maximum absolute atomic E-state index is 11.8. The van der Waals surface area contributed by atoms with Gasteiger partial charge in [0, 0.05) is 18.2 Å². The molecular formula is C15H15NO4. The second-order valence-corrected chi connectivity index (χ2v) is 4.26. The van der Waals surface area contributed by atoms with Gasteiger partial charge in [-0.25, -0.2) is 4.79 Å². The molecule has 0 saturated heterocycles. The summed E-state index contributed by atoms with van der Waals surface area (Å²) in [6.07, 6.45) is 1.79. The molecule has 1 aromatic heterocycles. The molecule has 1 N–H and O–H groups in total. The van der Waals surface area contributed by atoms with Crippen molar-refractivity contribution in [3.05, 3.63) is 63.6 Å². The molecule has 0 amide bonds. The minimum Gasteiger partial charge on any atom is -0.497 e. The Balaban J connectivity index is 2.27. The highest BCUT2D eigenvalue weighted by Crippen LogP contribution is 2.14. The van der Waals surface area contributed by atoms with E-state index in [1.165, 1.54) is 13.3 Å². The van der Waals surface area contributed by atoms with E-state index in [0.717, 1.165) is 11.3 Å². The molecule has 0 unspecified atom stereocenters. The fraction of sp³-hybridized carbons (Fsp3) is 0.200. The van der Waals surface area contributed by atoms with E-state index in [4.69, 9.17) is 4.74 Å². The number of carbonyl (C=O) groups is 1. The molecule has 0 atom stereocenters. The highest BCUT2D eigenvalue weighted by atomic mass is 16.5. The smallest absolute Gasteiger partial charge is 0.339 e. The van der Waals surface area contributed by atoms with E-state index in [1.807, 2.05) is 24.3 Å². The van der Waals surface area contributed by atoms with Gasteiger partial charge in [0.25, 0.3) is 5.56 Å². The van der Waals surface area contributed by atoms with E-state index in [9.17, 15) is 9.59 Å². The number of pyridine rings is 1. The summed E-state index contributed by atoms with van der Waals surface area (Å²) in [5.74, 6) is 0.281. The Kier molecular flexibility index (Phi) is 4.20. The minimum atomic E-state index is -0.475. The number of nitrogens with one attached hydrogen (secondary N) is 1. The zero-order valence-corrected chi connectivity index (χ0v) is 11.3. The normalized spacial score (nSPS) is 10.1. The van der Waals surface area contributed by atoms with E-state index in [0.29, 0.717) is 17.5 Å². The number of rotatable bonds is 4. The van der Waals surface area contributed by atoms with E-state index < -0.39 is 5.97 Å². The van der Waals surface area contributed by atoms with E-state index in [-0.39, 0.29) is 5.56 Å². The van der Waals surface area contributed by atoms with E-state index in [1.54, 1.807) is 13.2 Å². The molecule has 0 aliphatic heterocycles. The van der Waals surface area contributed by atoms with Gasteiger partial charge in [-0.05, 0) is 23.8 Å². The molecule has 5 nitrogen and oxygen atoms in total. The fourth-order valence-corrected chi connectivity index (χ4v) is 1.86. The van der Waals surface area contributed by atoms with Crippen LogP contribution in [0, 0.1) is 0 Å². The van der Waals surface area contributed by atoms with Gasteiger partial charge in [-0.1, -0.05) is 12.1 Å². The number of ether oxygens (including phenoxy) is 2. The number of carbonyl (C=O) groups excluding carboxylic acids is 1. The number of H-pyrrole nitrogens is 1. The molecule has 1 heterocycles. The third kappa shape index (κ3) is 3.06. The average molecular weight is 273 g/mol. The highest BCUT2D eigenvalue weighted by Gasteiger charge is 2.09. The molecule has 0 fully saturated rings. The van der Waals surface area contributed by atoms with Crippen LogP contribution in [0.3, 0.4) is 0 Å². The van der Waals surface area contributed by atoms with Crippen molar-refractivity contribution >= 4 is 5.97 Å². The summed E-state index contributed by atoms with van der Waals surface area (Å²) in [6.45, 7) is 0. The molecule has 5 heteroatoms. The first-order valence-corrected chi connectivity index (χ1v) is 6.07. The molecule has 20 heavy (non-hydrogen) atoms. The molecule has 104 valence electrons. The van der Waals surface area contributed by atoms with Gasteiger partial charge in [-0.3, -0.25) is 4.79 Å². The van der Waals surface area contributed by atoms with Crippen LogP contribution in [0.15, 0.2) is 41.3 Å². The molecule has 1 aromatic carbocycles. The van der Waals surface area contributed by atoms with Crippen LogP contribution in [-0.4, -0.2) is 25.2 Å². The Morgan fingerprint density at radius 2 is 1.90 bits per heavy atom. The lowest BCUT2D eigenvalue weighted by Crippen LogP contribution is -2.15. The van der Waals surface area contributed by atoms with Crippen LogP contribution in [0.2, 0.25) is 0 Å². The van der Waals surface area contributed by atoms with Gasteiger partial charge in [0.15, 0.2) is 0 Å². The summed E-state index contributed by atoms with van der Waals surface area (Å²) in [5, 5.41) is 0. The second kappa shape index (κ2) is 6.06. The zero-order valence-electron chi connectivity index (χ0n) is 11.3. The number of methoxy groups -OCH3 is 2. The number of aromatic amines is 1. The van der Waals surface area contributed by atoms with Gasteiger partial charge in [-0.15, -0.1) is 0 Å². The van der Waals surface area contributed by atoms with Gasteiger partial charge in [0.1, 0.15) is 5.75 Å². The first-order valence-electron chi connectivity index (χ1n) is 6.07. The predicted molar refractivity (Wildman–Crippen MR) is 74.2 cm³/mol. The van der Waals surface area contributed by atoms with Crippen LogP contribution < -0.4 is 10.3 Å². The topological polar surface area (TPSA) is 68.4 Å². The first-order chi connectivity index (χ1) is 9.63. The van der Waals surface area contributed by atoms with Crippen LogP contribution in [-0.2, 0) is 11.2 Å². The van der Waals surface area contributed by atoms with Gasteiger partial charge in [-0.2, -0.15) is 0 Å². The molecule has 0 aliphatic carbocycles. The van der Waals surface area contributed by atoms with Crippen molar-refractivity contribution in [1.82, 2.24) is 4.98 Å². The Bertz CT molecular complexity index is 658. The van der Waals surface area contributed by atoms with Gasteiger partial charge in [0.2, 0.25) is 0 Å². The summed E-state index contributed by atoms with van der Waals surface area (Å²) in [5.41, 5.74) is 1.58. The molecule has 0 spiro atoms. The maximum Gasteiger partial charge on any atom is 0.339 e. The summed E-state index contributed by atoms with van der Waals surface area (Å²) in [7, 11) is 2.90. The van der Waals surface area contributed by atoms with Crippen molar-refractivity contribution < 1.29 is 14.3 Å². The molecule has 0 aliphatic rings. The van der Waals surface area contributed by atoms with Crippen LogP contribution in [0.25, 0.3) is 0 Å². The van der Waals surface area contributed by atoms with Crippen LogP contribution in [0.5, 0.6) is 5.75 Å².